The summed E-state index contributed by atoms with van der Waals surface area (Å²) in [5.41, 5.74) is 0.668. The number of esters is 1. The summed E-state index contributed by atoms with van der Waals surface area (Å²) in [5.74, 6) is -1.96. The third kappa shape index (κ3) is 8.38. The van der Waals surface area contributed by atoms with E-state index in [0.29, 0.717) is 37.9 Å². The summed E-state index contributed by atoms with van der Waals surface area (Å²) >= 11 is 0. The molecule has 1 aromatic rings. The van der Waals surface area contributed by atoms with E-state index in [1.165, 1.54) is 33.5 Å². The van der Waals surface area contributed by atoms with Gasteiger partial charge in [0.2, 0.25) is 5.75 Å². The van der Waals surface area contributed by atoms with E-state index in [9.17, 15) is 9.90 Å². The number of Topliss-reactive ketones (excluding diaryl/α,β-unsaturated/α-hetero) is 2. The van der Waals surface area contributed by atoms with Crippen LogP contribution in [0.2, 0.25) is 0 Å². The minimum absolute atomic E-state index is 0.151. The van der Waals surface area contributed by atoms with E-state index in [0.717, 1.165) is 22.3 Å². The number of allylic oxidation sites excluding steroid dienone is 8. The first-order valence-corrected chi connectivity index (χ1v) is 19.1. The molecule has 8 nitrogen and oxygen atoms in total. The second-order valence-electron chi connectivity index (χ2n) is 16.8. The molecule has 0 saturated heterocycles. The van der Waals surface area contributed by atoms with Crippen LogP contribution < -0.4 is 14.2 Å². The molecular weight excluding hydrogens is 668 g/mol. The van der Waals surface area contributed by atoms with Crippen LogP contribution in [-0.4, -0.2) is 56.2 Å². The van der Waals surface area contributed by atoms with E-state index in [1.807, 2.05) is 61.5 Å². The molecule has 0 radical (unpaired) electrons. The number of fused-ring (bicyclic) bond motifs is 2. The summed E-state index contributed by atoms with van der Waals surface area (Å²) in [4.78, 5) is 45.4. The highest BCUT2D eigenvalue weighted by Crippen LogP contribution is 2.70. The largest absolute Gasteiger partial charge is 0.493 e. The van der Waals surface area contributed by atoms with Crippen LogP contribution in [0.1, 0.15) is 125 Å². The third-order valence-electron chi connectivity index (χ3n) is 11.8. The summed E-state index contributed by atoms with van der Waals surface area (Å²) in [6.07, 6.45) is 8.78. The van der Waals surface area contributed by atoms with Gasteiger partial charge in [0.1, 0.15) is 11.5 Å². The number of rotatable bonds is 16. The number of benzene rings is 1. The molecule has 2 aliphatic carbocycles. The zero-order valence-corrected chi connectivity index (χ0v) is 34.9. The molecule has 53 heavy (non-hydrogen) atoms. The summed E-state index contributed by atoms with van der Waals surface area (Å²) in [6.45, 7) is 21.8. The van der Waals surface area contributed by atoms with Crippen molar-refractivity contribution in [2.24, 2.45) is 34.0 Å². The van der Waals surface area contributed by atoms with Crippen LogP contribution in [0, 0.1) is 34.0 Å². The number of carbonyl (C=O) groups excluding carboxylic acids is 3. The standard InChI is InChI=1S/C45H66O8/c1-27(2)16-15-22-43(11)33(19-17-28(3)4)26-44(23-21-30(7)8)40(53-41(48)32-24-35(50-12)37(52-14)36(25-32)51-13)34(20-18-29(5)6)39(47)45(43,42(44)49)38(46)31(9)10/h16-18,21,24-25,31,33-34,40,42,49H,15,19-20,22-23,26H2,1-14H3/t33-,34?,40?,42?,43+,44+,45-/m0/s1. The fourth-order valence-corrected chi connectivity index (χ4v) is 9.04. The van der Waals surface area contributed by atoms with Gasteiger partial charge in [0.25, 0.3) is 0 Å². The van der Waals surface area contributed by atoms with Crippen molar-refractivity contribution in [3.8, 4) is 17.2 Å². The van der Waals surface area contributed by atoms with Crippen molar-refractivity contribution in [1.82, 2.24) is 0 Å². The summed E-state index contributed by atoms with van der Waals surface area (Å²) in [7, 11) is 4.43. The lowest BCUT2D eigenvalue weighted by atomic mass is 9.35. The molecule has 3 rings (SSSR count). The van der Waals surface area contributed by atoms with Gasteiger partial charge in [-0.2, -0.15) is 0 Å². The van der Waals surface area contributed by atoms with Crippen molar-refractivity contribution in [3.05, 3.63) is 64.3 Å². The molecule has 0 amide bonds. The number of ether oxygens (including phenoxy) is 4. The molecule has 1 N–H and O–H groups in total. The summed E-state index contributed by atoms with van der Waals surface area (Å²) in [6, 6.07) is 3.06. The van der Waals surface area contributed by atoms with Crippen LogP contribution in [0.5, 0.6) is 17.2 Å². The molecule has 0 spiro atoms. The molecule has 2 saturated carbocycles. The first-order chi connectivity index (χ1) is 24.8. The van der Waals surface area contributed by atoms with E-state index in [-0.39, 0.29) is 41.0 Å². The maximum Gasteiger partial charge on any atom is 0.338 e. The lowest BCUT2D eigenvalue weighted by Crippen LogP contribution is -2.78. The molecule has 294 valence electrons. The Morgan fingerprint density at radius 2 is 1.36 bits per heavy atom. The zero-order chi connectivity index (χ0) is 40.1. The first kappa shape index (κ1) is 43.8. The van der Waals surface area contributed by atoms with Gasteiger partial charge < -0.3 is 24.1 Å². The quantitative estimate of drug-likeness (QED) is 0.102. The number of carbonyl (C=O) groups is 3. The molecular formula is C45H66O8. The number of ketones is 2. The maximum absolute atomic E-state index is 15.8. The van der Waals surface area contributed by atoms with E-state index in [2.05, 4.69) is 39.0 Å². The molecule has 7 atom stereocenters. The van der Waals surface area contributed by atoms with Gasteiger partial charge in [-0.3, -0.25) is 9.59 Å². The van der Waals surface area contributed by atoms with Crippen LogP contribution in [-0.2, 0) is 14.3 Å². The Bertz CT molecular complexity index is 1600. The molecule has 8 heteroatoms. The lowest BCUT2D eigenvalue weighted by molar-refractivity contribution is -0.252. The minimum Gasteiger partial charge on any atom is -0.493 e. The predicted molar refractivity (Wildman–Crippen MR) is 212 cm³/mol. The average molecular weight is 735 g/mol. The molecule has 1 aromatic carbocycles. The predicted octanol–water partition coefficient (Wildman–Crippen LogP) is 9.84. The number of hydrogen-bond donors (Lipinski definition) is 1. The van der Waals surface area contributed by atoms with Gasteiger partial charge in [-0.05, 0) is 117 Å². The SMILES string of the molecule is COc1cc(C(=O)OC2C(CC=C(C)C)C(=O)[C@@]3(C(=O)C(C)C)C(O)[C@]2(CC=C(C)C)C[C@H](CC=C(C)C)[C@@]3(C)CCC=C(C)C)cc(OC)c1OC. The van der Waals surface area contributed by atoms with Gasteiger partial charge in [0.05, 0.1) is 38.9 Å². The number of methoxy groups -OCH3 is 3. The van der Waals surface area contributed by atoms with Crippen LogP contribution in [0.4, 0.5) is 0 Å². The van der Waals surface area contributed by atoms with Gasteiger partial charge in [-0.25, -0.2) is 4.79 Å². The Labute approximate surface area is 319 Å². The van der Waals surface area contributed by atoms with Gasteiger partial charge in [0, 0.05) is 11.3 Å². The topological polar surface area (TPSA) is 108 Å². The zero-order valence-electron chi connectivity index (χ0n) is 34.9. The van der Waals surface area contributed by atoms with Crippen LogP contribution in [0.3, 0.4) is 0 Å². The van der Waals surface area contributed by atoms with E-state index >= 15 is 9.59 Å². The molecule has 2 aliphatic rings. The van der Waals surface area contributed by atoms with E-state index in [4.69, 9.17) is 18.9 Å². The molecule has 2 fully saturated rings. The van der Waals surface area contributed by atoms with E-state index < -0.39 is 46.3 Å². The first-order valence-electron chi connectivity index (χ1n) is 19.1. The Hall–Kier alpha value is -3.65. The lowest BCUT2D eigenvalue weighted by Gasteiger charge is -2.68. The van der Waals surface area contributed by atoms with Crippen LogP contribution in [0.25, 0.3) is 0 Å². The van der Waals surface area contributed by atoms with Crippen LogP contribution >= 0.6 is 0 Å². The monoisotopic (exact) mass is 734 g/mol. The van der Waals surface area contributed by atoms with Crippen molar-refractivity contribution < 1.29 is 38.4 Å². The van der Waals surface area contributed by atoms with Gasteiger partial charge in [0.15, 0.2) is 23.1 Å². The normalized spacial score (nSPS) is 27.7. The highest BCUT2D eigenvalue weighted by Gasteiger charge is 2.78. The summed E-state index contributed by atoms with van der Waals surface area (Å²) in [5, 5.41) is 13.2. The van der Waals surface area contributed by atoms with Gasteiger partial charge >= 0.3 is 5.97 Å². The fourth-order valence-electron chi connectivity index (χ4n) is 9.04. The Morgan fingerprint density at radius 1 is 0.830 bits per heavy atom. The Kier molecular flexibility index (Phi) is 14.6. The van der Waals surface area contributed by atoms with Crippen molar-refractivity contribution >= 4 is 17.5 Å². The second-order valence-corrected chi connectivity index (χ2v) is 16.8. The van der Waals surface area contributed by atoms with Crippen molar-refractivity contribution in [2.75, 3.05) is 21.3 Å². The van der Waals surface area contributed by atoms with Crippen LogP contribution in [0.15, 0.2) is 58.7 Å². The molecule has 0 aliphatic heterocycles. The van der Waals surface area contributed by atoms with Crippen molar-refractivity contribution in [1.29, 1.82) is 0 Å². The minimum atomic E-state index is -1.74. The average Bonchev–Trinajstić information content (AvgIpc) is 3.08. The Balaban J connectivity index is 2.49. The third-order valence-corrected chi connectivity index (χ3v) is 11.8. The molecule has 3 unspecified atom stereocenters. The molecule has 0 heterocycles. The highest BCUT2D eigenvalue weighted by molar-refractivity contribution is 6.11. The summed E-state index contributed by atoms with van der Waals surface area (Å²) < 4.78 is 23.2. The molecule has 0 aromatic heterocycles. The van der Waals surface area contributed by atoms with Gasteiger partial charge in [-0.15, -0.1) is 0 Å². The highest BCUT2D eigenvalue weighted by atomic mass is 16.6. The van der Waals surface area contributed by atoms with Crippen molar-refractivity contribution in [3.63, 3.8) is 0 Å². The molecule has 2 bridgehead atoms. The van der Waals surface area contributed by atoms with E-state index in [1.54, 1.807) is 0 Å². The fraction of sp³-hybridized carbons (Fsp3) is 0.622. The smallest absolute Gasteiger partial charge is 0.338 e. The Morgan fingerprint density at radius 3 is 1.83 bits per heavy atom. The van der Waals surface area contributed by atoms with Crippen molar-refractivity contribution in [2.45, 2.75) is 127 Å². The number of aliphatic hydroxyl groups is 1. The van der Waals surface area contributed by atoms with Gasteiger partial charge in [-0.1, -0.05) is 67.4 Å². The number of hydrogen-bond acceptors (Lipinski definition) is 8. The second kappa shape index (κ2) is 17.7. The number of aliphatic hydroxyl groups excluding tert-OH is 1. The maximum atomic E-state index is 15.8.